The van der Waals surface area contributed by atoms with E-state index in [0.29, 0.717) is 16.9 Å². The largest absolute Gasteiger partial charge is 0.369 e. The van der Waals surface area contributed by atoms with Gasteiger partial charge in [0.25, 0.3) is 5.56 Å². The van der Waals surface area contributed by atoms with Crippen LogP contribution in [0.15, 0.2) is 29.1 Å². The van der Waals surface area contributed by atoms with Crippen LogP contribution in [0.3, 0.4) is 0 Å². The first-order valence-electron chi connectivity index (χ1n) is 7.14. The van der Waals surface area contributed by atoms with Crippen molar-refractivity contribution in [3.63, 3.8) is 0 Å². The van der Waals surface area contributed by atoms with Gasteiger partial charge < -0.3 is 11.1 Å². The van der Waals surface area contributed by atoms with Crippen LogP contribution in [0.5, 0.6) is 0 Å². The minimum absolute atomic E-state index is 0.0459. The lowest BCUT2D eigenvalue weighted by Gasteiger charge is -2.11. The van der Waals surface area contributed by atoms with Crippen molar-refractivity contribution in [2.75, 3.05) is 11.1 Å². The third kappa shape index (κ3) is 3.33. The molecule has 116 valence electrons. The van der Waals surface area contributed by atoms with Gasteiger partial charge in [-0.15, -0.1) is 0 Å². The molecular formula is C16H20N4O2. The fraction of sp³-hybridized carbons (Fsp3) is 0.312. The number of carbonyl (C=O) groups excluding carboxylic acids is 1. The van der Waals surface area contributed by atoms with Crippen LogP contribution in [0.4, 0.5) is 11.6 Å². The average molecular weight is 300 g/mol. The molecule has 3 N–H and O–H groups in total. The summed E-state index contributed by atoms with van der Waals surface area (Å²) in [5.74, 6) is -0.271. The molecule has 1 aromatic carbocycles. The summed E-state index contributed by atoms with van der Waals surface area (Å²) in [5, 5.41) is 2.75. The Labute approximate surface area is 129 Å². The number of hydrogen-bond donors (Lipinski definition) is 2. The minimum Gasteiger partial charge on any atom is -0.369 e. The average Bonchev–Trinajstić information content (AvgIpc) is 2.50. The summed E-state index contributed by atoms with van der Waals surface area (Å²) in [6, 6.07) is 7.57. The fourth-order valence-electron chi connectivity index (χ4n) is 2.10. The van der Waals surface area contributed by atoms with E-state index in [0.717, 1.165) is 6.42 Å². The lowest BCUT2D eigenvalue weighted by atomic mass is 10.1. The fourth-order valence-corrected chi connectivity index (χ4v) is 2.10. The van der Waals surface area contributed by atoms with Gasteiger partial charge in [0.05, 0.1) is 0 Å². The van der Waals surface area contributed by atoms with Gasteiger partial charge in [0.1, 0.15) is 6.54 Å². The second-order valence-corrected chi connectivity index (χ2v) is 5.17. The number of nitrogens with zero attached hydrogens (tertiary/aromatic N) is 2. The number of amides is 1. The van der Waals surface area contributed by atoms with Crippen molar-refractivity contribution in [3.8, 4) is 0 Å². The zero-order valence-electron chi connectivity index (χ0n) is 13.0. The molecule has 0 saturated heterocycles. The summed E-state index contributed by atoms with van der Waals surface area (Å²) in [6.45, 7) is 5.29. The highest BCUT2D eigenvalue weighted by Crippen LogP contribution is 2.10. The summed E-state index contributed by atoms with van der Waals surface area (Å²) in [7, 11) is 0. The van der Waals surface area contributed by atoms with E-state index in [9.17, 15) is 9.59 Å². The van der Waals surface area contributed by atoms with Crippen LogP contribution in [-0.2, 0) is 17.8 Å². The SMILES string of the molecule is CCc1ccc(NC(=O)Cn2c(N)nc(C)c(C)c2=O)cc1. The predicted octanol–water partition coefficient (Wildman–Crippen LogP) is 1.64. The molecule has 0 spiro atoms. The molecule has 0 unspecified atom stereocenters. The third-order valence-corrected chi connectivity index (χ3v) is 3.62. The number of nitrogens with two attached hydrogens (primary N) is 1. The molecule has 0 saturated carbocycles. The standard InChI is InChI=1S/C16H20N4O2/c1-4-12-5-7-13(8-6-12)19-14(21)9-20-15(22)10(2)11(3)18-16(20)17/h5-8H,4,9H2,1-3H3,(H2,17,18)(H,19,21). The van der Waals surface area contributed by atoms with E-state index < -0.39 is 0 Å². The molecule has 1 heterocycles. The normalized spacial score (nSPS) is 10.5. The number of hydrogen-bond acceptors (Lipinski definition) is 4. The molecule has 6 nitrogen and oxygen atoms in total. The Balaban J connectivity index is 2.15. The number of benzene rings is 1. The molecule has 2 rings (SSSR count). The van der Waals surface area contributed by atoms with Crippen LogP contribution in [-0.4, -0.2) is 15.5 Å². The lowest BCUT2D eigenvalue weighted by molar-refractivity contribution is -0.116. The zero-order chi connectivity index (χ0) is 16.3. The van der Waals surface area contributed by atoms with Gasteiger partial charge >= 0.3 is 0 Å². The van der Waals surface area contributed by atoms with Crippen LogP contribution in [0.25, 0.3) is 0 Å². The molecule has 1 amide bonds. The molecule has 1 aromatic heterocycles. The van der Waals surface area contributed by atoms with Gasteiger partial charge in [-0.3, -0.25) is 14.2 Å². The molecule has 0 bridgehead atoms. The van der Waals surface area contributed by atoms with Crippen LogP contribution in [0.2, 0.25) is 0 Å². The molecule has 0 aliphatic heterocycles. The Morgan fingerprint density at radius 3 is 2.50 bits per heavy atom. The molecule has 0 aliphatic rings. The number of carbonyl (C=O) groups is 1. The molecule has 22 heavy (non-hydrogen) atoms. The third-order valence-electron chi connectivity index (χ3n) is 3.62. The molecule has 0 aliphatic carbocycles. The van der Waals surface area contributed by atoms with Crippen molar-refractivity contribution < 1.29 is 4.79 Å². The summed E-state index contributed by atoms with van der Waals surface area (Å²) in [6.07, 6.45) is 0.939. The smallest absolute Gasteiger partial charge is 0.258 e. The second-order valence-electron chi connectivity index (χ2n) is 5.17. The zero-order valence-corrected chi connectivity index (χ0v) is 13.0. The molecule has 6 heteroatoms. The van der Waals surface area contributed by atoms with Crippen LogP contribution >= 0.6 is 0 Å². The van der Waals surface area contributed by atoms with Crippen LogP contribution in [0.1, 0.15) is 23.7 Å². The highest BCUT2D eigenvalue weighted by Gasteiger charge is 2.12. The minimum atomic E-state index is -0.317. The summed E-state index contributed by atoms with van der Waals surface area (Å²) >= 11 is 0. The van der Waals surface area contributed by atoms with Crippen molar-refractivity contribution in [2.45, 2.75) is 33.7 Å². The molecular weight excluding hydrogens is 280 g/mol. The first-order valence-corrected chi connectivity index (χ1v) is 7.14. The first-order chi connectivity index (χ1) is 10.4. The maximum atomic E-state index is 12.1. The van der Waals surface area contributed by atoms with Gasteiger partial charge in [-0.25, -0.2) is 4.98 Å². The van der Waals surface area contributed by atoms with Gasteiger partial charge in [-0.2, -0.15) is 0 Å². The molecule has 0 fully saturated rings. The maximum absolute atomic E-state index is 12.1. The number of aromatic nitrogens is 2. The summed E-state index contributed by atoms with van der Waals surface area (Å²) in [4.78, 5) is 28.3. The van der Waals surface area contributed by atoms with Crippen molar-refractivity contribution in [2.24, 2.45) is 0 Å². The van der Waals surface area contributed by atoms with E-state index in [1.807, 2.05) is 24.3 Å². The van der Waals surface area contributed by atoms with Gasteiger partial charge in [-0.05, 0) is 38.0 Å². The number of nitrogen functional groups attached to an aromatic ring is 1. The van der Waals surface area contributed by atoms with Crippen molar-refractivity contribution in [3.05, 3.63) is 51.4 Å². The Morgan fingerprint density at radius 2 is 1.91 bits per heavy atom. The summed E-state index contributed by atoms with van der Waals surface area (Å²) in [5.41, 5.74) is 8.40. The highest BCUT2D eigenvalue weighted by atomic mass is 16.2. The number of anilines is 2. The predicted molar refractivity (Wildman–Crippen MR) is 86.8 cm³/mol. The van der Waals surface area contributed by atoms with Gasteiger partial charge in [0.15, 0.2) is 0 Å². The topological polar surface area (TPSA) is 90.0 Å². The molecule has 0 atom stereocenters. The van der Waals surface area contributed by atoms with E-state index in [1.54, 1.807) is 13.8 Å². The van der Waals surface area contributed by atoms with Crippen molar-refractivity contribution in [1.29, 1.82) is 0 Å². The van der Waals surface area contributed by atoms with E-state index in [-0.39, 0.29) is 24.0 Å². The maximum Gasteiger partial charge on any atom is 0.258 e. The van der Waals surface area contributed by atoms with E-state index in [1.165, 1.54) is 10.1 Å². The lowest BCUT2D eigenvalue weighted by Crippen LogP contribution is -2.32. The monoisotopic (exact) mass is 300 g/mol. The van der Waals surface area contributed by atoms with Gasteiger partial charge in [0.2, 0.25) is 11.9 Å². The van der Waals surface area contributed by atoms with Crippen LogP contribution < -0.4 is 16.6 Å². The van der Waals surface area contributed by atoms with E-state index >= 15 is 0 Å². The molecule has 0 radical (unpaired) electrons. The van der Waals surface area contributed by atoms with Gasteiger partial charge in [0, 0.05) is 16.9 Å². The second kappa shape index (κ2) is 6.43. The van der Waals surface area contributed by atoms with Crippen molar-refractivity contribution in [1.82, 2.24) is 9.55 Å². The van der Waals surface area contributed by atoms with Gasteiger partial charge in [-0.1, -0.05) is 19.1 Å². The Kier molecular flexibility index (Phi) is 4.60. The Bertz CT molecular complexity index is 748. The Hall–Kier alpha value is -2.63. The number of aryl methyl sites for hydroxylation is 2. The quantitative estimate of drug-likeness (QED) is 0.898. The summed E-state index contributed by atoms with van der Waals surface area (Å²) < 4.78 is 1.18. The van der Waals surface area contributed by atoms with E-state index in [2.05, 4.69) is 17.2 Å². The van der Waals surface area contributed by atoms with Crippen molar-refractivity contribution >= 4 is 17.5 Å². The highest BCUT2D eigenvalue weighted by molar-refractivity contribution is 5.90. The van der Waals surface area contributed by atoms with E-state index in [4.69, 9.17) is 5.73 Å². The van der Waals surface area contributed by atoms with Crippen LogP contribution in [0, 0.1) is 13.8 Å². The molecule has 2 aromatic rings. The number of rotatable bonds is 4. The Morgan fingerprint density at radius 1 is 1.27 bits per heavy atom. The number of nitrogens with one attached hydrogen (secondary N) is 1. The first kappa shape index (κ1) is 15.8.